The van der Waals surface area contributed by atoms with Gasteiger partial charge in [-0.1, -0.05) is 0 Å². The minimum Gasteiger partial charge on any atom is -0.504 e. The van der Waals surface area contributed by atoms with E-state index in [1.54, 1.807) is 12.1 Å². The van der Waals surface area contributed by atoms with Crippen LogP contribution in [0.2, 0.25) is 0 Å². The van der Waals surface area contributed by atoms with Crippen LogP contribution in [-0.2, 0) is 0 Å². The maximum absolute atomic E-state index is 11.5. The third kappa shape index (κ3) is 2.86. The lowest BCUT2D eigenvalue weighted by Gasteiger charge is -2.03. The van der Waals surface area contributed by atoms with Gasteiger partial charge >= 0.3 is 0 Å². The molecule has 0 radical (unpaired) electrons. The van der Waals surface area contributed by atoms with Crippen molar-refractivity contribution in [3.63, 3.8) is 0 Å². The van der Waals surface area contributed by atoms with Gasteiger partial charge in [0.05, 0.1) is 13.3 Å². The van der Waals surface area contributed by atoms with Crippen molar-refractivity contribution < 1.29 is 9.84 Å². The predicted octanol–water partition coefficient (Wildman–Crippen LogP) is 0.897. The van der Waals surface area contributed by atoms with Gasteiger partial charge in [-0.3, -0.25) is 9.89 Å². The Bertz CT molecular complexity index is 707. The fourth-order valence-corrected chi connectivity index (χ4v) is 1.56. The highest BCUT2D eigenvalue weighted by molar-refractivity contribution is 7.71. The second-order valence-electron chi connectivity index (χ2n) is 3.50. The summed E-state index contributed by atoms with van der Waals surface area (Å²) in [6.07, 6.45) is 2.46. The van der Waals surface area contributed by atoms with E-state index in [1.165, 1.54) is 19.4 Å². The van der Waals surface area contributed by atoms with Crippen LogP contribution in [0.15, 0.2) is 34.3 Å². The van der Waals surface area contributed by atoms with Crippen LogP contribution in [0.25, 0.3) is 0 Å². The molecule has 0 amide bonds. The fourth-order valence-electron chi connectivity index (χ4n) is 1.37. The van der Waals surface area contributed by atoms with Crippen molar-refractivity contribution in [3.05, 3.63) is 45.1 Å². The van der Waals surface area contributed by atoms with Crippen LogP contribution in [0.1, 0.15) is 5.56 Å². The van der Waals surface area contributed by atoms with Crippen molar-refractivity contribution in [2.24, 2.45) is 5.10 Å². The number of hydrogen-bond donors (Lipinski definition) is 2. The number of methoxy groups -OCH3 is 1. The molecule has 8 heteroatoms. The number of nitrogens with zero attached hydrogens (tertiary/aromatic N) is 3. The Morgan fingerprint density at radius 1 is 1.58 bits per heavy atom. The van der Waals surface area contributed by atoms with Crippen molar-refractivity contribution in [1.82, 2.24) is 14.9 Å². The second-order valence-corrected chi connectivity index (χ2v) is 3.89. The fraction of sp³-hybridized carbons (Fsp3) is 0.0909. The van der Waals surface area contributed by atoms with E-state index >= 15 is 0 Å². The average Bonchev–Trinajstić information content (AvgIpc) is 2.38. The summed E-state index contributed by atoms with van der Waals surface area (Å²) in [5.74, 6) is 0.342. The van der Waals surface area contributed by atoms with Crippen LogP contribution in [0.5, 0.6) is 11.5 Å². The van der Waals surface area contributed by atoms with E-state index < -0.39 is 5.56 Å². The van der Waals surface area contributed by atoms with Crippen molar-refractivity contribution in [3.8, 4) is 11.5 Å². The van der Waals surface area contributed by atoms with E-state index in [-0.39, 0.29) is 10.5 Å². The van der Waals surface area contributed by atoms with Gasteiger partial charge in [0.15, 0.2) is 11.5 Å². The molecule has 0 aliphatic heterocycles. The molecule has 2 aromatic rings. The molecule has 0 saturated heterocycles. The molecule has 0 unspecified atom stereocenters. The molecule has 7 nitrogen and oxygen atoms in total. The van der Waals surface area contributed by atoms with Gasteiger partial charge in [0, 0.05) is 0 Å². The highest BCUT2D eigenvalue weighted by Crippen LogP contribution is 2.25. The van der Waals surface area contributed by atoms with E-state index in [9.17, 15) is 9.90 Å². The first-order valence-corrected chi connectivity index (χ1v) is 5.61. The Hall–Kier alpha value is -2.48. The number of phenols is 1. The highest BCUT2D eigenvalue weighted by atomic mass is 32.1. The number of aromatic hydroxyl groups is 1. The molecule has 2 rings (SSSR count). The molecular formula is C11H10N4O3S. The number of benzene rings is 1. The number of aromatic amines is 1. The Labute approximate surface area is 112 Å². The SMILES string of the molecule is COc1ccc(/C=N\n2c(=O)cn[nH]c2=S)cc1O. The summed E-state index contributed by atoms with van der Waals surface area (Å²) in [5, 5.41) is 19.5. The van der Waals surface area contributed by atoms with E-state index in [4.69, 9.17) is 17.0 Å². The molecule has 1 aromatic heterocycles. The van der Waals surface area contributed by atoms with Crippen LogP contribution in [0, 0.1) is 4.77 Å². The zero-order chi connectivity index (χ0) is 13.8. The maximum atomic E-state index is 11.5. The van der Waals surface area contributed by atoms with Crippen LogP contribution in [0.3, 0.4) is 0 Å². The summed E-state index contributed by atoms with van der Waals surface area (Å²) in [6, 6.07) is 4.73. The zero-order valence-electron chi connectivity index (χ0n) is 9.90. The second kappa shape index (κ2) is 5.44. The number of ether oxygens (including phenoxy) is 1. The molecule has 0 fully saturated rings. The van der Waals surface area contributed by atoms with Gasteiger partial charge in [0.1, 0.15) is 6.20 Å². The van der Waals surface area contributed by atoms with Crippen molar-refractivity contribution in [2.45, 2.75) is 0 Å². The number of rotatable bonds is 3. The van der Waals surface area contributed by atoms with E-state index in [0.29, 0.717) is 11.3 Å². The summed E-state index contributed by atoms with van der Waals surface area (Å²) in [4.78, 5) is 11.5. The zero-order valence-corrected chi connectivity index (χ0v) is 10.7. The molecule has 19 heavy (non-hydrogen) atoms. The van der Waals surface area contributed by atoms with E-state index in [0.717, 1.165) is 10.9 Å². The van der Waals surface area contributed by atoms with Crippen molar-refractivity contribution in [2.75, 3.05) is 7.11 Å². The van der Waals surface area contributed by atoms with Crippen molar-refractivity contribution in [1.29, 1.82) is 0 Å². The van der Waals surface area contributed by atoms with Gasteiger partial charge < -0.3 is 9.84 Å². The summed E-state index contributed by atoms with van der Waals surface area (Å²) in [7, 11) is 1.46. The quantitative estimate of drug-likeness (QED) is 0.642. The Balaban J connectivity index is 2.36. The Morgan fingerprint density at radius 3 is 3.00 bits per heavy atom. The first-order valence-electron chi connectivity index (χ1n) is 5.20. The molecule has 1 heterocycles. The molecule has 0 aliphatic carbocycles. The highest BCUT2D eigenvalue weighted by Gasteiger charge is 2.01. The molecular weight excluding hydrogens is 268 g/mol. The minimum absolute atomic E-state index is 0.0151. The number of nitrogens with one attached hydrogen (secondary N) is 1. The van der Waals surface area contributed by atoms with Gasteiger partial charge in [0.25, 0.3) is 5.56 Å². The lowest BCUT2D eigenvalue weighted by Crippen LogP contribution is -2.18. The molecule has 1 aromatic carbocycles. The predicted molar refractivity (Wildman–Crippen MR) is 71.3 cm³/mol. The maximum Gasteiger partial charge on any atom is 0.293 e. The Kier molecular flexibility index (Phi) is 3.71. The molecule has 0 bridgehead atoms. The number of hydrogen-bond acceptors (Lipinski definition) is 6. The summed E-state index contributed by atoms with van der Waals surface area (Å²) < 4.78 is 6.00. The van der Waals surface area contributed by atoms with Gasteiger partial charge in [-0.2, -0.15) is 14.9 Å². The van der Waals surface area contributed by atoms with Crippen LogP contribution in [-0.4, -0.2) is 33.3 Å². The largest absolute Gasteiger partial charge is 0.504 e. The first-order chi connectivity index (χ1) is 9.11. The molecule has 0 aliphatic rings. The van der Waals surface area contributed by atoms with Crippen LogP contribution >= 0.6 is 12.2 Å². The minimum atomic E-state index is -0.447. The monoisotopic (exact) mass is 278 g/mol. The van der Waals surface area contributed by atoms with Crippen LogP contribution < -0.4 is 10.3 Å². The number of H-pyrrole nitrogens is 1. The van der Waals surface area contributed by atoms with Crippen molar-refractivity contribution >= 4 is 18.4 Å². The van der Waals surface area contributed by atoms with Gasteiger partial charge in [0.2, 0.25) is 4.77 Å². The molecule has 98 valence electrons. The molecule has 0 saturated carbocycles. The summed E-state index contributed by atoms with van der Waals surface area (Å²) in [6.45, 7) is 0. The normalized spacial score (nSPS) is 10.8. The molecule has 0 atom stereocenters. The molecule has 0 spiro atoms. The van der Waals surface area contributed by atoms with E-state index in [1.807, 2.05) is 0 Å². The topological polar surface area (TPSA) is 92.5 Å². The lowest BCUT2D eigenvalue weighted by atomic mass is 10.2. The first kappa shape index (κ1) is 13.0. The third-order valence-electron chi connectivity index (χ3n) is 2.26. The van der Waals surface area contributed by atoms with Crippen LogP contribution in [0.4, 0.5) is 0 Å². The Morgan fingerprint density at radius 2 is 2.37 bits per heavy atom. The average molecular weight is 278 g/mol. The summed E-state index contributed by atoms with van der Waals surface area (Å²) >= 11 is 4.88. The lowest BCUT2D eigenvalue weighted by molar-refractivity contribution is 0.373. The van der Waals surface area contributed by atoms with Gasteiger partial charge in [-0.25, -0.2) is 0 Å². The summed E-state index contributed by atoms with van der Waals surface area (Å²) in [5.41, 5.74) is 0.147. The number of aromatic nitrogens is 3. The molecule has 2 N–H and O–H groups in total. The smallest absolute Gasteiger partial charge is 0.293 e. The third-order valence-corrected chi connectivity index (χ3v) is 2.53. The number of phenolic OH excluding ortho intramolecular Hbond substituents is 1. The van der Waals surface area contributed by atoms with Gasteiger partial charge in [-0.05, 0) is 36.0 Å². The standard InChI is InChI=1S/C11H10N4O3S/c1-18-9-3-2-7(4-8(9)16)5-13-15-10(17)6-12-14-11(15)19/h2-6,16H,1H3,(H,14,19)/b13-5-. The van der Waals surface area contributed by atoms with Gasteiger partial charge in [-0.15, -0.1) is 0 Å². The van der Waals surface area contributed by atoms with E-state index in [2.05, 4.69) is 15.3 Å².